The molecule has 4 heterocycles. The topological polar surface area (TPSA) is 133 Å². The van der Waals surface area contributed by atoms with Crippen molar-refractivity contribution in [2.24, 2.45) is 17.8 Å². The van der Waals surface area contributed by atoms with Crippen molar-refractivity contribution in [3.05, 3.63) is 53.0 Å². The Labute approximate surface area is 255 Å². The van der Waals surface area contributed by atoms with E-state index in [1.807, 2.05) is 41.8 Å². The molecule has 3 N–H and O–H groups in total. The molecular weight excluding hydrogens is 564 g/mol. The summed E-state index contributed by atoms with van der Waals surface area (Å²) in [6.07, 6.45) is 8.33. The number of thiazole rings is 1. The first-order valence-electron chi connectivity index (χ1n) is 15.3. The fourth-order valence-corrected chi connectivity index (χ4v) is 8.50. The molecule has 1 aromatic carbocycles. The zero-order valence-corrected chi connectivity index (χ0v) is 25.0. The van der Waals surface area contributed by atoms with E-state index in [1.54, 1.807) is 11.1 Å². The average molecular weight is 603 g/mol. The van der Waals surface area contributed by atoms with Crippen LogP contribution in [0.2, 0.25) is 0 Å². The van der Waals surface area contributed by atoms with E-state index < -0.39 is 11.4 Å². The second kappa shape index (κ2) is 12.5. The van der Waals surface area contributed by atoms with Crippen LogP contribution in [0, 0.1) is 17.8 Å². The monoisotopic (exact) mass is 602 g/mol. The van der Waals surface area contributed by atoms with Gasteiger partial charge in [-0.25, -0.2) is 9.97 Å². The first kappa shape index (κ1) is 29.4. The van der Waals surface area contributed by atoms with E-state index in [9.17, 15) is 24.6 Å². The molecule has 1 saturated carbocycles. The molecule has 3 atom stereocenters. The van der Waals surface area contributed by atoms with Gasteiger partial charge in [0.25, 0.3) is 0 Å². The summed E-state index contributed by atoms with van der Waals surface area (Å²) in [5.41, 5.74) is 2.06. The van der Waals surface area contributed by atoms with Gasteiger partial charge in [-0.3, -0.25) is 19.3 Å². The summed E-state index contributed by atoms with van der Waals surface area (Å²) in [4.78, 5) is 50.2. The number of aliphatic carboxylic acids is 1. The Morgan fingerprint density at radius 1 is 1.05 bits per heavy atom. The Hall–Kier alpha value is -3.63. The second-order valence-corrected chi connectivity index (χ2v) is 13.0. The maximum atomic E-state index is 14.1. The lowest BCUT2D eigenvalue weighted by atomic mass is 9.63. The quantitative estimate of drug-likeness (QED) is 0.329. The van der Waals surface area contributed by atoms with Gasteiger partial charge in [0.05, 0.1) is 12.1 Å². The van der Waals surface area contributed by atoms with E-state index in [4.69, 9.17) is 4.98 Å². The molecule has 0 unspecified atom stereocenters. The number of carboxylic acid groups (broad SMARTS) is 1. The zero-order valence-electron chi connectivity index (χ0n) is 24.2. The molecule has 6 rings (SSSR count). The Kier molecular flexibility index (Phi) is 8.59. The summed E-state index contributed by atoms with van der Waals surface area (Å²) in [5.74, 6) is -0.571. The summed E-state index contributed by atoms with van der Waals surface area (Å²) in [5, 5.41) is 25.6. The fourth-order valence-electron chi connectivity index (χ4n) is 7.42. The van der Waals surface area contributed by atoms with Crippen molar-refractivity contribution >= 4 is 34.9 Å². The molecule has 3 fully saturated rings. The van der Waals surface area contributed by atoms with Gasteiger partial charge in [0.2, 0.25) is 11.8 Å². The number of rotatable bonds is 8. The van der Waals surface area contributed by atoms with E-state index in [0.717, 1.165) is 55.2 Å². The normalized spacial score (nSPS) is 25.0. The summed E-state index contributed by atoms with van der Waals surface area (Å²) >= 11 is 1.36. The van der Waals surface area contributed by atoms with Crippen molar-refractivity contribution in [3.8, 4) is 22.4 Å². The lowest BCUT2D eigenvalue weighted by Crippen LogP contribution is -2.55. The van der Waals surface area contributed by atoms with Gasteiger partial charge in [-0.15, -0.1) is 11.3 Å². The summed E-state index contributed by atoms with van der Waals surface area (Å²) in [6, 6.07) is 11.7. The van der Waals surface area contributed by atoms with Gasteiger partial charge < -0.3 is 15.5 Å². The number of benzene rings is 1. The second-order valence-electron chi connectivity index (χ2n) is 12.2. The molecule has 226 valence electrons. The number of carboxylic acids is 1. The number of aliphatic hydroxyl groups excluding tert-OH is 1. The lowest BCUT2D eigenvalue weighted by Gasteiger charge is -2.42. The minimum absolute atomic E-state index is 0.00798. The van der Waals surface area contributed by atoms with E-state index in [2.05, 4.69) is 10.3 Å². The first-order chi connectivity index (χ1) is 20.9. The first-order valence-corrected chi connectivity index (χ1v) is 16.2. The van der Waals surface area contributed by atoms with Gasteiger partial charge in [-0.1, -0.05) is 49.9 Å². The highest BCUT2D eigenvalue weighted by Crippen LogP contribution is 2.50. The molecule has 9 nitrogen and oxygen atoms in total. The molecule has 0 spiro atoms. The minimum atomic E-state index is -1.29. The number of hydrogen-bond donors (Lipinski definition) is 3. The number of anilines is 1. The molecule has 10 heteroatoms. The number of nitrogens with zero attached hydrogens (tertiary/aromatic N) is 3. The van der Waals surface area contributed by atoms with Crippen molar-refractivity contribution in [2.45, 2.75) is 63.2 Å². The molecule has 0 radical (unpaired) electrons. The molecule has 2 saturated heterocycles. The lowest BCUT2D eigenvalue weighted by molar-refractivity contribution is -0.145. The third-order valence-electron chi connectivity index (χ3n) is 9.63. The van der Waals surface area contributed by atoms with E-state index in [-0.39, 0.29) is 42.6 Å². The summed E-state index contributed by atoms with van der Waals surface area (Å²) < 4.78 is 0. The number of aromatic nitrogens is 2. The molecular formula is C33H38N4O5S. The fraction of sp³-hybridized carbons (Fsp3) is 0.485. The molecule has 0 bridgehead atoms. The summed E-state index contributed by atoms with van der Waals surface area (Å²) in [7, 11) is 0. The standard InChI is InChI=1S/C33H38N4O5S/c38-19-21-11-13-26(22-6-1-2-7-22)33(16-30(40)41,31(42)35-17-21)32-36-27(20-43-32)25-9-4-3-8-24(25)23-12-14-28(34-18-23)37-15-5-10-29(37)39/h3-4,8-9,12,14,18,20-22,26,38H,1-2,5-7,10-11,13,15-17,19H2,(H,35,42)(H,40,41)/t21-,26-,33+/m1/s1. The zero-order chi connectivity index (χ0) is 30.0. The highest BCUT2D eigenvalue weighted by molar-refractivity contribution is 7.10. The highest BCUT2D eigenvalue weighted by atomic mass is 32.1. The molecule has 3 aliphatic rings. The van der Waals surface area contributed by atoms with Gasteiger partial charge in [-0.05, 0) is 54.7 Å². The molecule has 2 aliphatic heterocycles. The maximum absolute atomic E-state index is 14.1. The van der Waals surface area contributed by atoms with Gasteiger partial charge in [-0.2, -0.15) is 0 Å². The van der Waals surface area contributed by atoms with Crippen molar-refractivity contribution < 1.29 is 24.6 Å². The highest BCUT2D eigenvalue weighted by Gasteiger charge is 2.54. The van der Waals surface area contributed by atoms with Crippen LogP contribution in [0.4, 0.5) is 5.82 Å². The van der Waals surface area contributed by atoms with E-state index >= 15 is 0 Å². The number of amides is 2. The summed E-state index contributed by atoms with van der Waals surface area (Å²) in [6.45, 7) is 0.991. The Morgan fingerprint density at radius 3 is 2.51 bits per heavy atom. The minimum Gasteiger partial charge on any atom is -0.481 e. The van der Waals surface area contributed by atoms with Crippen LogP contribution in [0.5, 0.6) is 0 Å². The Balaban J connectivity index is 1.39. The van der Waals surface area contributed by atoms with Crippen LogP contribution in [-0.4, -0.2) is 57.7 Å². The van der Waals surface area contributed by atoms with Crippen molar-refractivity contribution in [1.29, 1.82) is 0 Å². The maximum Gasteiger partial charge on any atom is 0.304 e. The van der Waals surface area contributed by atoms with Crippen molar-refractivity contribution in [1.82, 2.24) is 15.3 Å². The Bertz CT molecular complexity index is 1480. The van der Waals surface area contributed by atoms with Crippen LogP contribution in [0.3, 0.4) is 0 Å². The van der Waals surface area contributed by atoms with Crippen LogP contribution in [-0.2, 0) is 19.8 Å². The molecule has 43 heavy (non-hydrogen) atoms. The predicted octanol–water partition coefficient (Wildman–Crippen LogP) is 5.04. The number of pyridine rings is 1. The van der Waals surface area contributed by atoms with Crippen LogP contribution in [0.1, 0.15) is 62.8 Å². The molecule has 1 aliphatic carbocycles. The van der Waals surface area contributed by atoms with Gasteiger partial charge >= 0.3 is 5.97 Å². The van der Waals surface area contributed by atoms with Crippen LogP contribution < -0.4 is 10.2 Å². The van der Waals surface area contributed by atoms with Crippen molar-refractivity contribution in [2.75, 3.05) is 24.6 Å². The number of carbonyl (C=O) groups is 3. The number of carbonyl (C=O) groups excluding carboxylic acids is 2. The third kappa shape index (κ3) is 5.70. The number of hydrogen-bond acceptors (Lipinski definition) is 7. The predicted molar refractivity (Wildman–Crippen MR) is 165 cm³/mol. The number of aliphatic hydroxyl groups is 1. The smallest absolute Gasteiger partial charge is 0.304 e. The molecule has 2 amide bonds. The van der Waals surface area contributed by atoms with Crippen molar-refractivity contribution in [3.63, 3.8) is 0 Å². The molecule has 2 aromatic heterocycles. The Morgan fingerprint density at radius 2 is 1.84 bits per heavy atom. The van der Waals surface area contributed by atoms with Crippen LogP contribution in [0.15, 0.2) is 48.0 Å². The van der Waals surface area contributed by atoms with Crippen LogP contribution >= 0.6 is 11.3 Å². The molecule has 3 aromatic rings. The van der Waals surface area contributed by atoms with E-state index in [1.165, 1.54) is 11.3 Å². The number of nitrogens with one attached hydrogen (secondary N) is 1. The van der Waals surface area contributed by atoms with Gasteiger partial charge in [0.15, 0.2) is 0 Å². The largest absolute Gasteiger partial charge is 0.481 e. The SMILES string of the molecule is O=C(O)C[C@@]1(c2nc(-c3ccccc3-c3ccc(N4CCCC4=O)nc3)cs2)C(=O)NC[C@H](CO)CC[C@@H]1C1CCCC1. The third-order valence-corrected chi connectivity index (χ3v) is 10.7. The van der Waals surface area contributed by atoms with Crippen LogP contribution in [0.25, 0.3) is 22.4 Å². The average Bonchev–Trinajstić information content (AvgIpc) is 3.80. The van der Waals surface area contributed by atoms with Gasteiger partial charge in [0.1, 0.15) is 16.2 Å². The van der Waals surface area contributed by atoms with E-state index in [0.29, 0.717) is 42.5 Å². The van der Waals surface area contributed by atoms with Gasteiger partial charge in [0, 0.05) is 48.8 Å².